The maximum absolute atomic E-state index is 11.5. The highest BCUT2D eigenvalue weighted by atomic mass is 35.5. The van der Waals surface area contributed by atoms with Gasteiger partial charge in [0.2, 0.25) is 5.95 Å². The summed E-state index contributed by atoms with van der Waals surface area (Å²) in [7, 11) is -2.81. The summed E-state index contributed by atoms with van der Waals surface area (Å²) in [5.74, 6) is 1.33. The van der Waals surface area contributed by atoms with Gasteiger partial charge in [-0.15, -0.1) is 0 Å². The molecule has 2 saturated heterocycles. The first-order chi connectivity index (χ1) is 9.53. The fourth-order valence-corrected chi connectivity index (χ4v) is 4.68. The van der Waals surface area contributed by atoms with Gasteiger partial charge in [0, 0.05) is 32.2 Å². The molecule has 0 unspecified atom stereocenters. The van der Waals surface area contributed by atoms with Crippen LogP contribution < -0.4 is 4.90 Å². The molecule has 0 saturated carbocycles. The summed E-state index contributed by atoms with van der Waals surface area (Å²) >= 11 is 5.78. The van der Waals surface area contributed by atoms with Crippen LogP contribution in [0.1, 0.15) is 6.42 Å². The predicted octanol–water partition coefficient (Wildman–Crippen LogP) is 0.439. The third kappa shape index (κ3) is 3.05. The van der Waals surface area contributed by atoms with Gasteiger partial charge in [-0.25, -0.2) is 18.4 Å². The van der Waals surface area contributed by atoms with Crippen LogP contribution in [0.4, 0.5) is 5.95 Å². The lowest BCUT2D eigenvalue weighted by Gasteiger charge is -2.37. The highest BCUT2D eigenvalue weighted by Crippen LogP contribution is 2.20. The van der Waals surface area contributed by atoms with E-state index in [4.69, 9.17) is 11.6 Å². The predicted molar refractivity (Wildman–Crippen MR) is 77.9 cm³/mol. The van der Waals surface area contributed by atoms with Crippen LogP contribution in [-0.4, -0.2) is 67.0 Å². The Balaban J connectivity index is 1.58. The van der Waals surface area contributed by atoms with Crippen molar-refractivity contribution in [3.63, 3.8) is 0 Å². The van der Waals surface area contributed by atoms with Crippen molar-refractivity contribution < 1.29 is 8.42 Å². The van der Waals surface area contributed by atoms with Gasteiger partial charge in [-0.3, -0.25) is 4.90 Å². The second-order valence-corrected chi connectivity index (χ2v) is 7.95. The summed E-state index contributed by atoms with van der Waals surface area (Å²) < 4.78 is 23.1. The molecule has 1 aromatic rings. The van der Waals surface area contributed by atoms with Crippen LogP contribution in [0.3, 0.4) is 0 Å². The Hall–Kier alpha value is -0.920. The molecule has 3 rings (SSSR count). The first-order valence-corrected chi connectivity index (χ1v) is 8.90. The average Bonchev–Trinajstić information content (AvgIpc) is 2.80. The molecule has 6 nitrogen and oxygen atoms in total. The molecule has 0 N–H and O–H groups in total. The van der Waals surface area contributed by atoms with E-state index in [9.17, 15) is 8.42 Å². The minimum Gasteiger partial charge on any atom is -0.338 e. The first-order valence-electron chi connectivity index (χ1n) is 6.70. The van der Waals surface area contributed by atoms with Crippen molar-refractivity contribution in [3.8, 4) is 0 Å². The number of halogens is 1. The summed E-state index contributed by atoms with van der Waals surface area (Å²) in [6, 6.07) is 0.188. The molecule has 2 aliphatic rings. The smallest absolute Gasteiger partial charge is 0.225 e. The summed E-state index contributed by atoms with van der Waals surface area (Å²) in [6.07, 6.45) is 3.96. The number of rotatable bonds is 2. The lowest BCUT2D eigenvalue weighted by molar-refractivity contribution is 0.200. The highest BCUT2D eigenvalue weighted by molar-refractivity contribution is 7.91. The van der Waals surface area contributed by atoms with Crippen molar-refractivity contribution in [3.05, 3.63) is 17.4 Å². The van der Waals surface area contributed by atoms with Crippen LogP contribution in [0.25, 0.3) is 0 Å². The van der Waals surface area contributed by atoms with Crippen molar-refractivity contribution >= 4 is 27.4 Å². The Kier molecular flexibility index (Phi) is 3.83. The van der Waals surface area contributed by atoms with Crippen LogP contribution in [0, 0.1) is 0 Å². The molecule has 2 fully saturated rings. The number of piperazine rings is 1. The molecule has 0 radical (unpaired) electrons. The van der Waals surface area contributed by atoms with Crippen LogP contribution in [0.2, 0.25) is 5.02 Å². The van der Waals surface area contributed by atoms with Gasteiger partial charge < -0.3 is 4.90 Å². The van der Waals surface area contributed by atoms with Gasteiger partial charge in [-0.1, -0.05) is 11.6 Å². The average molecular weight is 317 g/mol. The third-order valence-corrected chi connectivity index (χ3v) is 5.87. The van der Waals surface area contributed by atoms with Gasteiger partial charge >= 0.3 is 0 Å². The van der Waals surface area contributed by atoms with E-state index >= 15 is 0 Å². The van der Waals surface area contributed by atoms with Crippen molar-refractivity contribution in [1.82, 2.24) is 14.9 Å². The fraction of sp³-hybridized carbons (Fsp3) is 0.667. The molecule has 3 heterocycles. The van der Waals surface area contributed by atoms with Gasteiger partial charge in [0.05, 0.1) is 28.9 Å². The number of sulfone groups is 1. The van der Waals surface area contributed by atoms with Gasteiger partial charge in [0.1, 0.15) is 0 Å². The molecule has 0 amide bonds. The maximum Gasteiger partial charge on any atom is 0.225 e. The minimum atomic E-state index is -2.81. The molecule has 1 aromatic heterocycles. The number of hydrogen-bond acceptors (Lipinski definition) is 6. The van der Waals surface area contributed by atoms with Crippen LogP contribution in [0.5, 0.6) is 0 Å². The zero-order valence-corrected chi connectivity index (χ0v) is 12.6. The van der Waals surface area contributed by atoms with Gasteiger partial charge in [0.25, 0.3) is 0 Å². The fourth-order valence-electron chi connectivity index (χ4n) is 2.82. The van der Waals surface area contributed by atoms with Crippen molar-refractivity contribution in [1.29, 1.82) is 0 Å². The number of aromatic nitrogens is 2. The minimum absolute atomic E-state index is 0.188. The molecule has 20 heavy (non-hydrogen) atoms. The molecule has 8 heteroatoms. The Bertz CT molecular complexity index is 570. The molecule has 2 aliphatic heterocycles. The molecule has 0 aromatic carbocycles. The van der Waals surface area contributed by atoms with E-state index in [1.54, 1.807) is 12.4 Å². The highest BCUT2D eigenvalue weighted by Gasteiger charge is 2.33. The summed E-state index contributed by atoms with van der Waals surface area (Å²) in [5.41, 5.74) is 0. The van der Waals surface area contributed by atoms with E-state index in [1.807, 2.05) is 0 Å². The normalized spacial score (nSPS) is 26.9. The van der Waals surface area contributed by atoms with E-state index in [0.29, 0.717) is 22.5 Å². The maximum atomic E-state index is 11.5. The van der Waals surface area contributed by atoms with Crippen molar-refractivity contribution in [2.75, 3.05) is 42.6 Å². The molecule has 0 spiro atoms. The summed E-state index contributed by atoms with van der Waals surface area (Å²) in [4.78, 5) is 12.8. The van der Waals surface area contributed by atoms with E-state index < -0.39 is 9.84 Å². The third-order valence-electron chi connectivity index (χ3n) is 3.93. The Morgan fingerprint density at radius 3 is 2.35 bits per heavy atom. The lowest BCUT2D eigenvalue weighted by Crippen LogP contribution is -2.51. The topological polar surface area (TPSA) is 66.4 Å². The molecule has 110 valence electrons. The van der Waals surface area contributed by atoms with E-state index in [-0.39, 0.29) is 6.04 Å². The van der Waals surface area contributed by atoms with Crippen LogP contribution >= 0.6 is 11.6 Å². The second-order valence-electron chi connectivity index (χ2n) is 5.28. The lowest BCUT2D eigenvalue weighted by atomic mass is 10.2. The number of nitrogens with zero attached hydrogens (tertiary/aromatic N) is 4. The molecule has 0 bridgehead atoms. The number of anilines is 1. The van der Waals surface area contributed by atoms with E-state index in [0.717, 1.165) is 32.6 Å². The monoisotopic (exact) mass is 316 g/mol. The van der Waals surface area contributed by atoms with Crippen molar-refractivity contribution in [2.24, 2.45) is 0 Å². The van der Waals surface area contributed by atoms with Crippen LogP contribution in [-0.2, 0) is 9.84 Å². The van der Waals surface area contributed by atoms with Gasteiger partial charge in [0.15, 0.2) is 9.84 Å². The molecular weight excluding hydrogens is 300 g/mol. The van der Waals surface area contributed by atoms with Crippen molar-refractivity contribution in [2.45, 2.75) is 12.5 Å². The Labute approximate surface area is 123 Å². The van der Waals surface area contributed by atoms with Gasteiger partial charge in [-0.05, 0) is 6.42 Å². The first kappa shape index (κ1) is 14.0. The zero-order valence-electron chi connectivity index (χ0n) is 11.1. The van der Waals surface area contributed by atoms with Crippen LogP contribution in [0.15, 0.2) is 12.4 Å². The Morgan fingerprint density at radius 1 is 1.15 bits per heavy atom. The largest absolute Gasteiger partial charge is 0.338 e. The standard InChI is InChI=1S/C12H17ClN4O2S/c13-10-7-14-12(15-8-10)17-4-2-16(3-5-17)11-1-6-20(18,19)9-11/h7-8,11H,1-6,9H2/t11-/m1/s1. The van der Waals surface area contributed by atoms with E-state index in [2.05, 4.69) is 19.8 Å². The molecular formula is C12H17ClN4O2S. The molecule has 0 aliphatic carbocycles. The zero-order chi connectivity index (χ0) is 14.2. The molecule has 1 atom stereocenters. The Morgan fingerprint density at radius 2 is 1.80 bits per heavy atom. The van der Waals surface area contributed by atoms with Gasteiger partial charge in [-0.2, -0.15) is 0 Å². The quantitative estimate of drug-likeness (QED) is 0.789. The second kappa shape index (κ2) is 5.46. The summed E-state index contributed by atoms with van der Waals surface area (Å²) in [6.45, 7) is 3.34. The van der Waals surface area contributed by atoms with E-state index in [1.165, 1.54) is 0 Å². The number of hydrogen-bond donors (Lipinski definition) is 0. The SMILES string of the molecule is O=S1(=O)CC[C@@H](N2CCN(c3ncc(Cl)cn3)CC2)C1. The summed E-state index contributed by atoms with van der Waals surface area (Å²) in [5, 5.41) is 0.531.